The van der Waals surface area contributed by atoms with E-state index in [1.54, 1.807) is 25.2 Å². The SMILES string of the molecule is Cc1ccc(-c2c3c(=O)n(C)c(=O)n(C)c3c3n2-c2ccccc2NC3c2cc(Cl)ccc2O)cc1. The van der Waals surface area contributed by atoms with Crippen LogP contribution in [0.5, 0.6) is 5.75 Å². The van der Waals surface area contributed by atoms with Gasteiger partial charge in [-0.15, -0.1) is 0 Å². The van der Waals surface area contributed by atoms with E-state index in [9.17, 15) is 14.7 Å². The number of phenols is 1. The Kier molecular flexibility index (Phi) is 4.88. The van der Waals surface area contributed by atoms with Crippen LogP contribution in [-0.4, -0.2) is 18.8 Å². The molecule has 0 amide bonds. The predicted octanol–water partition coefficient (Wildman–Crippen LogP) is 4.88. The van der Waals surface area contributed by atoms with Gasteiger partial charge < -0.3 is 15.0 Å². The molecule has 8 heteroatoms. The zero-order chi connectivity index (χ0) is 25.3. The maximum Gasteiger partial charge on any atom is 0.331 e. The number of rotatable bonds is 2. The molecule has 0 bridgehead atoms. The normalized spacial score (nSPS) is 14.4. The number of hydrogen-bond donors (Lipinski definition) is 2. The highest BCUT2D eigenvalue weighted by molar-refractivity contribution is 6.30. The fourth-order valence-corrected chi connectivity index (χ4v) is 5.37. The Balaban J connectivity index is 1.87. The smallest absolute Gasteiger partial charge is 0.331 e. The summed E-state index contributed by atoms with van der Waals surface area (Å²) in [5.74, 6) is 0.0582. The predicted molar refractivity (Wildman–Crippen MR) is 143 cm³/mol. The van der Waals surface area contributed by atoms with E-state index in [0.717, 1.165) is 27.1 Å². The lowest BCUT2D eigenvalue weighted by Gasteiger charge is -2.31. The fraction of sp³-hybridized carbons (Fsp3) is 0.143. The number of phenolic OH excluding ortho intramolecular Hbond substituents is 1. The van der Waals surface area contributed by atoms with E-state index in [1.807, 2.05) is 60.0 Å². The average molecular weight is 499 g/mol. The quantitative estimate of drug-likeness (QED) is 0.363. The molecular formula is C28H23ClN4O3. The van der Waals surface area contributed by atoms with Gasteiger partial charge in [-0.3, -0.25) is 13.9 Å². The van der Waals surface area contributed by atoms with Crippen molar-refractivity contribution in [1.29, 1.82) is 0 Å². The van der Waals surface area contributed by atoms with E-state index >= 15 is 0 Å². The van der Waals surface area contributed by atoms with Gasteiger partial charge in [0.05, 0.1) is 39.7 Å². The number of fused-ring (bicyclic) bond motifs is 5. The van der Waals surface area contributed by atoms with Gasteiger partial charge in [0.15, 0.2) is 0 Å². The van der Waals surface area contributed by atoms with E-state index in [-0.39, 0.29) is 11.3 Å². The van der Waals surface area contributed by atoms with Crippen molar-refractivity contribution in [3.8, 4) is 22.7 Å². The molecule has 0 spiro atoms. The summed E-state index contributed by atoms with van der Waals surface area (Å²) in [7, 11) is 3.16. The van der Waals surface area contributed by atoms with Gasteiger partial charge in [0.2, 0.25) is 0 Å². The lowest BCUT2D eigenvalue weighted by Crippen LogP contribution is -2.37. The number of hydrogen-bond acceptors (Lipinski definition) is 4. The number of anilines is 1. The van der Waals surface area contributed by atoms with Crippen molar-refractivity contribution in [2.75, 3.05) is 5.32 Å². The molecule has 7 nitrogen and oxygen atoms in total. The second-order valence-corrected chi connectivity index (χ2v) is 9.60. The summed E-state index contributed by atoms with van der Waals surface area (Å²) >= 11 is 6.35. The Labute approximate surface area is 211 Å². The highest BCUT2D eigenvalue weighted by Gasteiger charge is 2.35. The van der Waals surface area contributed by atoms with Crippen LogP contribution in [0.4, 0.5) is 5.69 Å². The molecule has 1 aliphatic rings. The minimum Gasteiger partial charge on any atom is -0.508 e. The van der Waals surface area contributed by atoms with E-state index in [1.165, 1.54) is 11.6 Å². The summed E-state index contributed by atoms with van der Waals surface area (Å²) in [6, 6.07) is 20.0. The van der Waals surface area contributed by atoms with Gasteiger partial charge in [-0.1, -0.05) is 53.6 Å². The number of aryl methyl sites for hydroxylation is 2. The van der Waals surface area contributed by atoms with Crippen molar-refractivity contribution in [3.63, 3.8) is 0 Å². The molecule has 1 unspecified atom stereocenters. The zero-order valence-electron chi connectivity index (χ0n) is 19.9. The maximum atomic E-state index is 13.7. The van der Waals surface area contributed by atoms with Crippen LogP contribution >= 0.6 is 11.6 Å². The highest BCUT2D eigenvalue weighted by atomic mass is 35.5. The van der Waals surface area contributed by atoms with Crippen LogP contribution in [0.25, 0.3) is 27.8 Å². The summed E-state index contributed by atoms with van der Waals surface area (Å²) in [4.78, 5) is 26.8. The van der Waals surface area contributed by atoms with Crippen LogP contribution in [0, 0.1) is 6.92 Å². The summed E-state index contributed by atoms with van der Waals surface area (Å²) in [5.41, 5.74) is 5.21. The first-order valence-electron chi connectivity index (χ1n) is 11.5. The molecule has 36 heavy (non-hydrogen) atoms. The number of para-hydroxylation sites is 2. The molecule has 1 aliphatic heterocycles. The molecule has 1 atom stereocenters. The molecule has 2 aromatic heterocycles. The lowest BCUT2D eigenvalue weighted by molar-refractivity contribution is 0.466. The largest absolute Gasteiger partial charge is 0.508 e. The third-order valence-corrected chi connectivity index (χ3v) is 7.19. The number of benzene rings is 3. The van der Waals surface area contributed by atoms with Gasteiger partial charge in [-0.25, -0.2) is 4.79 Å². The van der Waals surface area contributed by atoms with Gasteiger partial charge in [-0.05, 0) is 42.8 Å². The molecule has 180 valence electrons. The first kappa shape index (κ1) is 22.2. The minimum atomic E-state index is -0.585. The molecule has 0 saturated heterocycles. The third-order valence-electron chi connectivity index (χ3n) is 6.95. The van der Waals surface area contributed by atoms with E-state index in [2.05, 4.69) is 5.32 Å². The van der Waals surface area contributed by atoms with E-state index in [0.29, 0.717) is 32.9 Å². The van der Waals surface area contributed by atoms with Crippen molar-refractivity contribution in [2.24, 2.45) is 14.1 Å². The van der Waals surface area contributed by atoms with Crippen LogP contribution in [0.2, 0.25) is 5.02 Å². The van der Waals surface area contributed by atoms with Gasteiger partial charge in [-0.2, -0.15) is 0 Å². The van der Waals surface area contributed by atoms with Gasteiger partial charge in [0.25, 0.3) is 5.56 Å². The maximum absolute atomic E-state index is 13.7. The number of aromatic nitrogens is 3. The number of nitrogens with one attached hydrogen (secondary N) is 1. The van der Waals surface area contributed by atoms with Crippen molar-refractivity contribution >= 4 is 28.2 Å². The number of halogens is 1. The fourth-order valence-electron chi connectivity index (χ4n) is 5.19. The average Bonchev–Trinajstić information content (AvgIpc) is 3.24. The van der Waals surface area contributed by atoms with Crippen molar-refractivity contribution in [1.82, 2.24) is 13.7 Å². The second-order valence-electron chi connectivity index (χ2n) is 9.16. The first-order chi connectivity index (χ1) is 17.3. The van der Waals surface area contributed by atoms with Gasteiger partial charge >= 0.3 is 5.69 Å². The Hall–Kier alpha value is -4.23. The Bertz CT molecular complexity index is 1810. The molecular weight excluding hydrogens is 476 g/mol. The Morgan fingerprint density at radius 2 is 1.67 bits per heavy atom. The molecule has 0 fully saturated rings. The molecule has 0 saturated carbocycles. The minimum absolute atomic E-state index is 0.0582. The monoisotopic (exact) mass is 498 g/mol. The molecule has 0 radical (unpaired) electrons. The molecule has 3 heterocycles. The molecule has 5 aromatic rings. The lowest BCUT2D eigenvalue weighted by atomic mass is 9.98. The van der Waals surface area contributed by atoms with E-state index < -0.39 is 11.7 Å². The standard InChI is InChI=1S/C28H23ClN4O3/c1-15-8-10-16(11-9-15)24-22-25(31(2)28(36)32(3)27(22)35)26-23(18-14-17(29)12-13-21(18)34)30-19-6-4-5-7-20(19)33(24)26/h4-14,23,30,34H,1-3H3. The van der Waals surface area contributed by atoms with Crippen LogP contribution in [-0.2, 0) is 14.1 Å². The second kappa shape index (κ2) is 7.90. The molecule has 3 aromatic carbocycles. The Morgan fingerprint density at radius 1 is 0.944 bits per heavy atom. The summed E-state index contributed by atoms with van der Waals surface area (Å²) in [5, 5.41) is 15.3. The number of nitrogens with zero attached hydrogens (tertiary/aromatic N) is 3. The van der Waals surface area contributed by atoms with Crippen LogP contribution in [0.15, 0.2) is 76.3 Å². The van der Waals surface area contributed by atoms with Gasteiger partial charge in [0.1, 0.15) is 5.75 Å². The van der Waals surface area contributed by atoms with Crippen LogP contribution < -0.4 is 16.6 Å². The highest BCUT2D eigenvalue weighted by Crippen LogP contribution is 2.47. The van der Waals surface area contributed by atoms with Crippen LogP contribution in [0.3, 0.4) is 0 Å². The van der Waals surface area contributed by atoms with Crippen molar-refractivity contribution in [3.05, 3.63) is 109 Å². The van der Waals surface area contributed by atoms with Crippen LogP contribution in [0.1, 0.15) is 22.9 Å². The summed E-state index contributed by atoms with van der Waals surface area (Å²) in [6.07, 6.45) is 0. The zero-order valence-corrected chi connectivity index (χ0v) is 20.7. The summed E-state index contributed by atoms with van der Waals surface area (Å²) in [6.45, 7) is 2.01. The number of aromatic hydroxyl groups is 1. The topological polar surface area (TPSA) is 81.2 Å². The molecule has 6 rings (SSSR count). The van der Waals surface area contributed by atoms with Crippen molar-refractivity contribution in [2.45, 2.75) is 13.0 Å². The summed E-state index contributed by atoms with van der Waals surface area (Å²) < 4.78 is 4.68. The van der Waals surface area contributed by atoms with Crippen molar-refractivity contribution < 1.29 is 5.11 Å². The van der Waals surface area contributed by atoms with E-state index in [4.69, 9.17) is 11.6 Å². The first-order valence-corrected chi connectivity index (χ1v) is 11.9. The Morgan fingerprint density at radius 3 is 2.42 bits per heavy atom. The van der Waals surface area contributed by atoms with Gasteiger partial charge in [0, 0.05) is 24.7 Å². The third kappa shape index (κ3) is 3.06. The molecule has 2 N–H and O–H groups in total. The molecule has 0 aliphatic carbocycles.